The molecule has 0 atom stereocenters. The second-order valence-corrected chi connectivity index (χ2v) is 8.49. The first kappa shape index (κ1) is 22.6. The van der Waals surface area contributed by atoms with E-state index in [2.05, 4.69) is 30.6 Å². The van der Waals surface area contributed by atoms with E-state index in [0.29, 0.717) is 16.7 Å². The lowest BCUT2D eigenvalue weighted by Crippen LogP contribution is -2.22. The predicted octanol–water partition coefficient (Wildman–Crippen LogP) is 7.35. The van der Waals surface area contributed by atoms with E-state index in [-0.39, 0.29) is 5.82 Å². The summed E-state index contributed by atoms with van der Waals surface area (Å²) in [6, 6.07) is 12.9. The highest BCUT2D eigenvalue weighted by Gasteiger charge is 2.21. The first-order valence-electron chi connectivity index (χ1n) is 10.9. The molecule has 3 rings (SSSR count). The van der Waals surface area contributed by atoms with Gasteiger partial charge in [-0.15, -0.1) is 6.58 Å². The molecule has 158 valence electrons. The number of benzene rings is 2. The van der Waals surface area contributed by atoms with Crippen molar-refractivity contribution < 1.29 is 9.13 Å². The molecule has 1 nitrogen and oxygen atoms in total. The Balaban J connectivity index is 1.41. The van der Waals surface area contributed by atoms with Crippen molar-refractivity contribution in [2.75, 3.05) is 6.61 Å². The van der Waals surface area contributed by atoms with Gasteiger partial charge >= 0.3 is 0 Å². The highest BCUT2D eigenvalue weighted by atomic mass is 35.5. The number of aryl methyl sites for hydroxylation is 1. The molecular weight excluding hydrogens is 395 g/mol. The molecule has 0 unspecified atom stereocenters. The van der Waals surface area contributed by atoms with Crippen molar-refractivity contribution in [2.24, 2.45) is 5.92 Å². The minimum atomic E-state index is -0.386. The molecule has 1 saturated carbocycles. The average molecular weight is 425 g/mol. The summed E-state index contributed by atoms with van der Waals surface area (Å²) in [5.74, 6) is 6.33. The number of hydrogen-bond acceptors (Lipinski definition) is 1. The molecule has 0 bridgehead atoms. The van der Waals surface area contributed by atoms with Crippen molar-refractivity contribution in [3.8, 4) is 11.8 Å². The van der Waals surface area contributed by atoms with Crippen LogP contribution in [0.25, 0.3) is 0 Å². The third-order valence-corrected chi connectivity index (χ3v) is 6.00. The second-order valence-electron chi connectivity index (χ2n) is 8.05. The minimum absolute atomic E-state index is 0.365. The van der Waals surface area contributed by atoms with E-state index in [0.717, 1.165) is 37.4 Å². The predicted molar refractivity (Wildman–Crippen MR) is 123 cm³/mol. The molecule has 3 heteroatoms. The lowest BCUT2D eigenvalue weighted by Gasteiger charge is -2.28. The minimum Gasteiger partial charge on any atom is -0.378 e. The fourth-order valence-corrected chi connectivity index (χ4v) is 4.08. The quantitative estimate of drug-likeness (QED) is 0.244. The van der Waals surface area contributed by atoms with Gasteiger partial charge in [0.25, 0.3) is 0 Å². The number of hydrogen-bond donors (Lipinski definition) is 0. The van der Waals surface area contributed by atoms with Crippen molar-refractivity contribution >= 4 is 11.6 Å². The van der Waals surface area contributed by atoms with Gasteiger partial charge in [0, 0.05) is 17.2 Å². The number of allylic oxidation sites excluding steroid dienone is 1. The van der Waals surface area contributed by atoms with E-state index in [1.165, 1.54) is 43.7 Å². The molecule has 0 radical (unpaired) electrons. The van der Waals surface area contributed by atoms with Crippen LogP contribution in [-0.4, -0.2) is 12.7 Å². The van der Waals surface area contributed by atoms with Crippen LogP contribution < -0.4 is 0 Å². The first-order valence-corrected chi connectivity index (χ1v) is 11.3. The van der Waals surface area contributed by atoms with Gasteiger partial charge in [0.2, 0.25) is 0 Å². The summed E-state index contributed by atoms with van der Waals surface area (Å²) in [4.78, 5) is 0. The zero-order chi connectivity index (χ0) is 21.2. The van der Waals surface area contributed by atoms with Crippen molar-refractivity contribution in [3.63, 3.8) is 0 Å². The third-order valence-electron chi connectivity index (χ3n) is 5.77. The zero-order valence-electron chi connectivity index (χ0n) is 17.5. The van der Waals surface area contributed by atoms with E-state index >= 15 is 0 Å². The molecule has 0 heterocycles. The lowest BCUT2D eigenvalue weighted by atomic mass is 9.83. The summed E-state index contributed by atoms with van der Waals surface area (Å²) in [7, 11) is 0. The maximum atomic E-state index is 13.8. The molecule has 0 spiro atoms. The first-order chi connectivity index (χ1) is 14.6. The highest BCUT2D eigenvalue weighted by Crippen LogP contribution is 2.29. The normalized spacial score (nSPS) is 18.5. The van der Waals surface area contributed by atoms with E-state index in [1.807, 2.05) is 18.2 Å². The van der Waals surface area contributed by atoms with Crippen LogP contribution in [0.1, 0.15) is 61.6 Å². The molecule has 2 aromatic carbocycles. The number of unbranched alkanes of at least 4 members (excludes halogenated alkanes) is 1. The second kappa shape index (κ2) is 11.9. The summed E-state index contributed by atoms with van der Waals surface area (Å²) in [5, 5.41) is 0.381. The average Bonchev–Trinajstić information content (AvgIpc) is 2.76. The van der Waals surface area contributed by atoms with Gasteiger partial charge in [-0.1, -0.05) is 41.7 Å². The Kier molecular flexibility index (Phi) is 9.00. The maximum Gasteiger partial charge on any atom is 0.140 e. The van der Waals surface area contributed by atoms with Gasteiger partial charge in [-0.3, -0.25) is 0 Å². The molecule has 1 aliphatic carbocycles. The molecule has 1 aliphatic rings. The van der Waals surface area contributed by atoms with Crippen LogP contribution in [0.2, 0.25) is 5.02 Å². The van der Waals surface area contributed by atoms with Crippen molar-refractivity contribution in [3.05, 3.63) is 82.6 Å². The van der Waals surface area contributed by atoms with Gasteiger partial charge in [0.15, 0.2) is 0 Å². The van der Waals surface area contributed by atoms with Crippen LogP contribution in [0.5, 0.6) is 0 Å². The van der Waals surface area contributed by atoms with E-state index in [4.69, 9.17) is 16.3 Å². The zero-order valence-corrected chi connectivity index (χ0v) is 18.3. The van der Waals surface area contributed by atoms with E-state index in [9.17, 15) is 4.39 Å². The van der Waals surface area contributed by atoms with Crippen molar-refractivity contribution in [2.45, 2.75) is 57.5 Å². The summed E-state index contributed by atoms with van der Waals surface area (Å²) < 4.78 is 19.8. The van der Waals surface area contributed by atoms with Gasteiger partial charge in [-0.05, 0) is 93.2 Å². The number of halogens is 2. The SMILES string of the molecule is C=CCCCOC1CCC(CCc2ccc(C#Cc3ccc(Cl)cc3F)cc2)CC1. The molecule has 0 aliphatic heterocycles. The Bertz CT molecular complexity index is 870. The van der Waals surface area contributed by atoms with Gasteiger partial charge in [-0.2, -0.15) is 0 Å². The molecule has 0 N–H and O–H groups in total. The van der Waals surface area contributed by atoms with Crippen LogP contribution in [0.3, 0.4) is 0 Å². The molecule has 30 heavy (non-hydrogen) atoms. The van der Waals surface area contributed by atoms with Gasteiger partial charge in [-0.25, -0.2) is 4.39 Å². The van der Waals surface area contributed by atoms with Crippen molar-refractivity contribution in [1.82, 2.24) is 0 Å². The Morgan fingerprint density at radius 2 is 1.83 bits per heavy atom. The topological polar surface area (TPSA) is 9.23 Å². The van der Waals surface area contributed by atoms with Gasteiger partial charge in [0.1, 0.15) is 5.82 Å². The Morgan fingerprint density at radius 3 is 2.53 bits per heavy atom. The van der Waals surface area contributed by atoms with Gasteiger partial charge < -0.3 is 4.74 Å². The summed E-state index contributed by atoms with van der Waals surface area (Å²) >= 11 is 5.78. The van der Waals surface area contributed by atoms with E-state index in [1.54, 1.807) is 12.1 Å². The van der Waals surface area contributed by atoms with Crippen LogP contribution in [0, 0.1) is 23.6 Å². The summed E-state index contributed by atoms with van der Waals surface area (Å²) in [6.07, 6.45) is 11.8. The smallest absolute Gasteiger partial charge is 0.140 e. The van der Waals surface area contributed by atoms with Crippen LogP contribution >= 0.6 is 11.6 Å². The van der Waals surface area contributed by atoms with Crippen LogP contribution in [0.4, 0.5) is 4.39 Å². The fraction of sp³-hybridized carbons (Fsp3) is 0.407. The van der Waals surface area contributed by atoms with E-state index < -0.39 is 0 Å². The largest absolute Gasteiger partial charge is 0.378 e. The third kappa shape index (κ3) is 7.31. The fourth-order valence-electron chi connectivity index (χ4n) is 3.92. The molecule has 2 aromatic rings. The summed E-state index contributed by atoms with van der Waals surface area (Å²) in [5.41, 5.74) is 2.59. The Hall–Kier alpha value is -2.08. The Morgan fingerprint density at radius 1 is 1.07 bits per heavy atom. The molecule has 0 amide bonds. The highest BCUT2D eigenvalue weighted by molar-refractivity contribution is 6.30. The number of ether oxygens (including phenoxy) is 1. The van der Waals surface area contributed by atoms with Crippen LogP contribution in [-0.2, 0) is 11.2 Å². The number of rotatable bonds is 8. The Labute approximate surface area is 185 Å². The molecule has 0 saturated heterocycles. The molecular formula is C27H30ClFO. The summed E-state index contributed by atoms with van der Waals surface area (Å²) in [6.45, 7) is 4.62. The monoisotopic (exact) mass is 424 g/mol. The maximum absolute atomic E-state index is 13.8. The van der Waals surface area contributed by atoms with Gasteiger partial charge in [0.05, 0.1) is 11.7 Å². The molecule has 0 aromatic heterocycles. The standard InChI is InChI=1S/C27H30ClFO/c1-2-3-4-19-30-26-17-12-23(13-18-26)10-7-21-5-8-22(9-6-21)11-14-24-15-16-25(28)20-27(24)29/h2,5-6,8-9,15-16,20,23,26H,1,3-4,7,10,12-13,17-19H2. The van der Waals surface area contributed by atoms with Crippen LogP contribution in [0.15, 0.2) is 55.1 Å². The van der Waals surface area contributed by atoms with Crippen molar-refractivity contribution in [1.29, 1.82) is 0 Å². The molecule has 1 fully saturated rings. The lowest BCUT2D eigenvalue weighted by molar-refractivity contribution is 0.0165.